The van der Waals surface area contributed by atoms with Crippen LogP contribution in [0.1, 0.15) is 24.6 Å². The SMILES string of the molecule is CCc1cc(N2CCC3(C2)C(=O)Nc2ccccc23)c2nncn2n1. The molecule has 1 fully saturated rings. The van der Waals surface area contributed by atoms with Crippen molar-refractivity contribution in [1.82, 2.24) is 19.8 Å². The number of aryl methyl sites for hydroxylation is 1. The standard InChI is InChI=1S/C18H18N6O/c1-2-12-9-15(16-21-19-11-24(16)22-12)23-8-7-18(10-23)13-5-3-4-6-14(13)20-17(18)25/h3-6,9,11H,2,7-8,10H2,1H3,(H,20,25). The lowest BCUT2D eigenvalue weighted by atomic mass is 9.81. The topological polar surface area (TPSA) is 75.4 Å². The maximum atomic E-state index is 12.8. The zero-order chi connectivity index (χ0) is 17.0. The number of benzene rings is 1. The number of hydrogen-bond donors (Lipinski definition) is 1. The fraction of sp³-hybridized carbons (Fsp3) is 0.333. The molecule has 1 aromatic carbocycles. The first kappa shape index (κ1) is 14.4. The molecule has 0 aliphatic carbocycles. The molecule has 1 spiro atoms. The van der Waals surface area contributed by atoms with E-state index in [4.69, 9.17) is 0 Å². The summed E-state index contributed by atoms with van der Waals surface area (Å²) in [4.78, 5) is 15.0. The Labute approximate surface area is 144 Å². The van der Waals surface area contributed by atoms with E-state index >= 15 is 0 Å². The molecule has 1 saturated heterocycles. The quantitative estimate of drug-likeness (QED) is 0.773. The van der Waals surface area contributed by atoms with Gasteiger partial charge in [-0.3, -0.25) is 4.79 Å². The van der Waals surface area contributed by atoms with Gasteiger partial charge in [-0.05, 0) is 30.5 Å². The van der Waals surface area contributed by atoms with Crippen LogP contribution in [0, 0.1) is 0 Å². The Balaban J connectivity index is 1.59. The van der Waals surface area contributed by atoms with E-state index in [0.717, 1.165) is 47.7 Å². The number of carbonyl (C=O) groups is 1. The monoisotopic (exact) mass is 334 g/mol. The third kappa shape index (κ3) is 1.92. The summed E-state index contributed by atoms with van der Waals surface area (Å²) in [5, 5.41) is 15.8. The van der Waals surface area contributed by atoms with Crippen LogP contribution in [0.25, 0.3) is 5.65 Å². The van der Waals surface area contributed by atoms with E-state index in [-0.39, 0.29) is 5.91 Å². The third-order valence-electron chi connectivity index (χ3n) is 5.40. The minimum absolute atomic E-state index is 0.0958. The highest BCUT2D eigenvalue weighted by molar-refractivity contribution is 6.07. The maximum absolute atomic E-state index is 12.8. The number of aromatic nitrogens is 4. The highest BCUT2D eigenvalue weighted by Gasteiger charge is 2.51. The molecule has 2 aliphatic rings. The molecule has 2 aromatic heterocycles. The Bertz CT molecular complexity index is 996. The Morgan fingerprint density at radius 2 is 2.20 bits per heavy atom. The summed E-state index contributed by atoms with van der Waals surface area (Å²) in [6, 6.07) is 10.1. The zero-order valence-corrected chi connectivity index (χ0v) is 13.9. The van der Waals surface area contributed by atoms with Crippen molar-refractivity contribution in [3.05, 3.63) is 47.9 Å². The first-order valence-corrected chi connectivity index (χ1v) is 8.57. The summed E-state index contributed by atoms with van der Waals surface area (Å²) in [5.74, 6) is 0.0958. The molecule has 1 unspecified atom stereocenters. The largest absolute Gasteiger partial charge is 0.367 e. The van der Waals surface area contributed by atoms with Gasteiger partial charge in [-0.1, -0.05) is 25.1 Å². The lowest BCUT2D eigenvalue weighted by Crippen LogP contribution is -2.37. The number of amides is 1. The molecule has 7 heteroatoms. The first-order valence-electron chi connectivity index (χ1n) is 8.57. The van der Waals surface area contributed by atoms with Crippen molar-refractivity contribution in [3.63, 3.8) is 0 Å². The molecule has 1 amide bonds. The third-order valence-corrected chi connectivity index (χ3v) is 5.40. The molecular weight excluding hydrogens is 316 g/mol. The maximum Gasteiger partial charge on any atom is 0.236 e. The van der Waals surface area contributed by atoms with Gasteiger partial charge in [0.05, 0.1) is 16.8 Å². The van der Waals surface area contributed by atoms with E-state index in [9.17, 15) is 4.79 Å². The lowest BCUT2D eigenvalue weighted by Gasteiger charge is -2.24. The molecule has 3 aromatic rings. The van der Waals surface area contributed by atoms with Gasteiger partial charge < -0.3 is 10.2 Å². The van der Waals surface area contributed by atoms with Gasteiger partial charge in [0.1, 0.15) is 6.33 Å². The Hall–Kier alpha value is -2.96. The number of hydrogen-bond acceptors (Lipinski definition) is 5. The molecule has 0 saturated carbocycles. The van der Waals surface area contributed by atoms with Crippen LogP contribution in [0.5, 0.6) is 0 Å². The van der Waals surface area contributed by atoms with Gasteiger partial charge in [-0.25, -0.2) is 0 Å². The van der Waals surface area contributed by atoms with E-state index < -0.39 is 5.41 Å². The predicted octanol–water partition coefficient (Wildman–Crippen LogP) is 1.79. The van der Waals surface area contributed by atoms with Gasteiger partial charge in [0.15, 0.2) is 0 Å². The van der Waals surface area contributed by atoms with Gasteiger partial charge in [-0.15, -0.1) is 10.2 Å². The van der Waals surface area contributed by atoms with Gasteiger partial charge >= 0.3 is 0 Å². The van der Waals surface area contributed by atoms with Crippen molar-refractivity contribution in [2.24, 2.45) is 0 Å². The molecule has 25 heavy (non-hydrogen) atoms. The van der Waals surface area contributed by atoms with Gasteiger partial charge in [0, 0.05) is 18.8 Å². The van der Waals surface area contributed by atoms with E-state index in [1.54, 1.807) is 10.8 Å². The molecule has 0 radical (unpaired) electrons. The van der Waals surface area contributed by atoms with Gasteiger partial charge in [-0.2, -0.15) is 9.61 Å². The molecule has 0 bridgehead atoms. The average Bonchev–Trinajstić information content (AvgIpc) is 3.34. The predicted molar refractivity (Wildman–Crippen MR) is 93.7 cm³/mol. The number of carbonyl (C=O) groups excluding carboxylic acids is 1. The van der Waals surface area contributed by atoms with Crippen molar-refractivity contribution >= 4 is 22.9 Å². The zero-order valence-electron chi connectivity index (χ0n) is 13.9. The number of fused-ring (bicyclic) bond motifs is 3. The number of para-hydroxylation sites is 1. The smallest absolute Gasteiger partial charge is 0.236 e. The summed E-state index contributed by atoms with van der Waals surface area (Å²) in [5.41, 5.74) is 4.28. The van der Waals surface area contributed by atoms with Crippen molar-refractivity contribution < 1.29 is 4.79 Å². The summed E-state index contributed by atoms with van der Waals surface area (Å²) in [6.07, 6.45) is 3.25. The normalized spacial score (nSPS) is 22.0. The highest BCUT2D eigenvalue weighted by Crippen LogP contribution is 2.45. The number of nitrogens with one attached hydrogen (secondary N) is 1. The fourth-order valence-electron chi connectivity index (χ4n) is 4.06. The van der Waals surface area contributed by atoms with Crippen LogP contribution in [-0.2, 0) is 16.6 Å². The van der Waals surface area contributed by atoms with E-state index in [1.807, 2.05) is 18.2 Å². The van der Waals surface area contributed by atoms with Crippen LogP contribution in [-0.4, -0.2) is 38.8 Å². The summed E-state index contributed by atoms with van der Waals surface area (Å²) >= 11 is 0. The van der Waals surface area contributed by atoms with Crippen LogP contribution in [0.3, 0.4) is 0 Å². The van der Waals surface area contributed by atoms with Crippen molar-refractivity contribution in [1.29, 1.82) is 0 Å². The second-order valence-corrected chi connectivity index (χ2v) is 6.73. The van der Waals surface area contributed by atoms with Crippen molar-refractivity contribution in [3.8, 4) is 0 Å². The van der Waals surface area contributed by atoms with E-state index in [2.05, 4.69) is 44.6 Å². The van der Waals surface area contributed by atoms with Crippen molar-refractivity contribution in [2.45, 2.75) is 25.2 Å². The summed E-state index contributed by atoms with van der Waals surface area (Å²) < 4.78 is 1.72. The molecule has 1 N–H and O–H groups in total. The van der Waals surface area contributed by atoms with Gasteiger partial charge in [0.2, 0.25) is 11.6 Å². The minimum atomic E-state index is -0.483. The second-order valence-electron chi connectivity index (χ2n) is 6.73. The average molecular weight is 334 g/mol. The lowest BCUT2D eigenvalue weighted by molar-refractivity contribution is -0.120. The Morgan fingerprint density at radius 1 is 1.32 bits per heavy atom. The minimum Gasteiger partial charge on any atom is -0.367 e. The van der Waals surface area contributed by atoms with Crippen LogP contribution in [0.15, 0.2) is 36.7 Å². The second kappa shape index (κ2) is 5.02. The Kier molecular flexibility index (Phi) is 2.89. The van der Waals surface area contributed by atoms with Crippen LogP contribution < -0.4 is 10.2 Å². The molecule has 5 rings (SSSR count). The molecular formula is C18H18N6O. The van der Waals surface area contributed by atoms with E-state index in [0.29, 0.717) is 6.54 Å². The molecule has 1 atom stereocenters. The summed E-state index contributed by atoms with van der Waals surface area (Å²) in [6.45, 7) is 3.53. The molecule has 4 heterocycles. The molecule has 126 valence electrons. The number of nitrogens with zero attached hydrogens (tertiary/aromatic N) is 5. The number of anilines is 2. The fourth-order valence-corrected chi connectivity index (χ4v) is 4.06. The number of rotatable bonds is 2. The van der Waals surface area contributed by atoms with E-state index in [1.165, 1.54) is 0 Å². The molecule has 2 aliphatic heterocycles. The van der Waals surface area contributed by atoms with Crippen molar-refractivity contribution in [2.75, 3.05) is 23.3 Å². The summed E-state index contributed by atoms with van der Waals surface area (Å²) in [7, 11) is 0. The Morgan fingerprint density at radius 3 is 3.08 bits per heavy atom. The van der Waals surface area contributed by atoms with Gasteiger partial charge in [0.25, 0.3) is 0 Å². The highest BCUT2D eigenvalue weighted by atomic mass is 16.2. The van der Waals surface area contributed by atoms with Crippen LogP contribution in [0.2, 0.25) is 0 Å². The molecule has 7 nitrogen and oxygen atoms in total. The van der Waals surface area contributed by atoms with Crippen LogP contribution in [0.4, 0.5) is 11.4 Å². The first-order chi connectivity index (χ1) is 12.2. The van der Waals surface area contributed by atoms with Crippen LogP contribution >= 0.6 is 0 Å².